The molecule has 66 valence electrons. The number of carbonyl (C=O) groups excluding carboxylic acids is 1. The van der Waals surface area contributed by atoms with Crippen LogP contribution in [-0.4, -0.2) is 49.3 Å². The molecule has 0 amide bonds. The Labute approximate surface area is 69.5 Å². The number of carbonyl (C=O) groups is 1. The maximum absolute atomic E-state index is 10.1. The van der Waals surface area contributed by atoms with E-state index in [1.165, 1.54) is 0 Å². The Morgan fingerprint density at radius 3 is 2.45 bits per heavy atom. The van der Waals surface area contributed by atoms with Gasteiger partial charge in [-0.25, -0.2) is 0 Å². The fourth-order valence-electron chi connectivity index (χ4n) is 0.651. The van der Waals surface area contributed by atoms with Crippen LogP contribution in [0.5, 0.6) is 0 Å². The predicted molar refractivity (Wildman–Crippen MR) is 38.5 cm³/mol. The van der Waals surface area contributed by atoms with E-state index in [4.69, 9.17) is 2.74 Å². The van der Waals surface area contributed by atoms with Crippen LogP contribution >= 0.6 is 0 Å². The van der Waals surface area contributed by atoms with Gasteiger partial charge >= 0.3 is 0 Å². The lowest BCUT2D eigenvalue weighted by molar-refractivity contribution is -0.873. The monoisotopic (exact) mass is 163 g/mol. The molecule has 0 heterocycles. The topological polar surface area (TPSA) is 60.4 Å². The molecule has 0 spiro atoms. The Morgan fingerprint density at radius 1 is 1.73 bits per heavy atom. The number of aliphatic carboxylic acids is 1. The van der Waals surface area contributed by atoms with Gasteiger partial charge in [0.05, 0.1) is 23.9 Å². The van der Waals surface area contributed by atoms with Gasteiger partial charge in [0.1, 0.15) is 12.6 Å². The average Bonchev–Trinajstić information content (AvgIpc) is 1.82. The third-order valence-electron chi connectivity index (χ3n) is 0.896. The molecule has 0 unspecified atom stereocenters. The molecule has 0 aromatic heterocycles. The highest BCUT2D eigenvalue weighted by Crippen LogP contribution is 1.97. The zero-order valence-corrected chi connectivity index (χ0v) is 7.00. The summed E-state index contributed by atoms with van der Waals surface area (Å²) in [6, 6.07) is 0. The Morgan fingerprint density at radius 2 is 2.18 bits per heavy atom. The van der Waals surface area contributed by atoms with Gasteiger partial charge in [0.15, 0.2) is 0 Å². The van der Waals surface area contributed by atoms with Crippen molar-refractivity contribution in [3.8, 4) is 0 Å². The van der Waals surface area contributed by atoms with Crippen molar-refractivity contribution in [1.82, 2.24) is 0 Å². The van der Waals surface area contributed by atoms with E-state index in [0.717, 1.165) is 0 Å². The second kappa shape index (κ2) is 3.69. The van der Waals surface area contributed by atoms with E-state index in [1.807, 2.05) is 0 Å². The predicted octanol–water partition coefficient (Wildman–Crippen LogP) is -1.81. The summed E-state index contributed by atoms with van der Waals surface area (Å²) in [5.74, 6) is -1.45. The number of aliphatic hydroxyl groups excluding tert-OH is 1. The van der Waals surface area contributed by atoms with Crippen molar-refractivity contribution < 1.29 is 22.2 Å². The summed E-state index contributed by atoms with van der Waals surface area (Å²) in [5, 5.41) is 19.4. The largest absolute Gasteiger partial charge is 0.550 e. The quantitative estimate of drug-likeness (QED) is 0.497. The molecule has 0 radical (unpaired) electrons. The van der Waals surface area contributed by atoms with Gasteiger partial charge in [0.2, 0.25) is 0 Å². The average molecular weight is 163 g/mol. The molecule has 1 N–H and O–H groups in total. The van der Waals surface area contributed by atoms with Gasteiger partial charge in [0.25, 0.3) is 0 Å². The minimum Gasteiger partial charge on any atom is -0.550 e. The number of hydrogen-bond donors (Lipinski definition) is 1. The number of carboxylic acid groups (broad SMARTS) is 1. The smallest absolute Gasteiger partial charge is 0.108 e. The number of carboxylic acids is 1. The molecule has 0 aliphatic heterocycles. The first-order chi connectivity index (χ1) is 5.59. The molecule has 1 atom stereocenters. The van der Waals surface area contributed by atoms with Gasteiger partial charge in [-0.2, -0.15) is 0 Å². The second-order valence-corrected chi connectivity index (χ2v) is 3.23. The zero-order valence-electron chi connectivity index (χ0n) is 9.00. The van der Waals surface area contributed by atoms with E-state index in [2.05, 4.69) is 0 Å². The van der Waals surface area contributed by atoms with Gasteiger partial charge in [-0.05, 0) is 0 Å². The van der Waals surface area contributed by atoms with Crippen molar-refractivity contribution >= 4 is 5.97 Å². The third kappa shape index (κ3) is 7.29. The maximum atomic E-state index is 10.1. The van der Waals surface area contributed by atoms with Gasteiger partial charge < -0.3 is 19.5 Å². The minimum atomic E-state index is -2.00. The van der Waals surface area contributed by atoms with Crippen molar-refractivity contribution in [3.63, 3.8) is 0 Å². The molecule has 0 bridgehead atoms. The lowest BCUT2D eigenvalue weighted by Crippen LogP contribution is -2.43. The van der Waals surface area contributed by atoms with Crippen LogP contribution in [0.25, 0.3) is 0 Å². The van der Waals surface area contributed by atoms with Crippen LogP contribution in [0.3, 0.4) is 0 Å². The molecule has 4 nitrogen and oxygen atoms in total. The van der Waals surface area contributed by atoms with E-state index in [-0.39, 0.29) is 4.48 Å². The molecular formula is C7H15NO3. The van der Waals surface area contributed by atoms with E-state index >= 15 is 0 Å². The first-order valence-corrected chi connectivity index (χ1v) is 3.28. The van der Waals surface area contributed by atoms with Crippen molar-refractivity contribution in [2.24, 2.45) is 0 Å². The number of aliphatic hydroxyl groups is 1. The SMILES string of the molecule is [2H]C([2H])([C@@H](O)CC(=O)[O-])[N+](C)(C)C. The van der Waals surface area contributed by atoms with Crippen LogP contribution in [-0.2, 0) is 4.79 Å². The highest BCUT2D eigenvalue weighted by molar-refractivity contribution is 5.64. The van der Waals surface area contributed by atoms with Crippen molar-refractivity contribution in [2.75, 3.05) is 27.6 Å². The summed E-state index contributed by atoms with van der Waals surface area (Å²) in [6.07, 6.45) is -2.25. The van der Waals surface area contributed by atoms with Crippen molar-refractivity contribution in [2.45, 2.75) is 12.5 Å². The standard InChI is InChI=1S/C7H15NO3/c1-8(2,3)5-6(9)4-7(10)11/h6,9H,4-5H2,1-3H3/t6-/m0/s1/i5D2. The summed E-state index contributed by atoms with van der Waals surface area (Å²) >= 11 is 0. The number of rotatable bonds is 4. The fourth-order valence-corrected chi connectivity index (χ4v) is 0.651. The summed E-state index contributed by atoms with van der Waals surface area (Å²) < 4.78 is 14.8. The Kier molecular flexibility index (Phi) is 2.37. The lowest BCUT2D eigenvalue weighted by Gasteiger charge is -2.26. The molecule has 0 saturated heterocycles. The maximum Gasteiger partial charge on any atom is 0.108 e. The van der Waals surface area contributed by atoms with Crippen LogP contribution in [0.1, 0.15) is 9.16 Å². The summed E-state index contributed by atoms with van der Waals surface area (Å²) in [6.45, 7) is -2.00. The summed E-state index contributed by atoms with van der Waals surface area (Å²) in [4.78, 5) is 10.1. The molecule has 0 aromatic rings. The zero-order chi connectivity index (χ0) is 10.9. The van der Waals surface area contributed by atoms with Crippen molar-refractivity contribution in [3.05, 3.63) is 0 Å². The lowest BCUT2D eigenvalue weighted by atomic mass is 10.2. The third-order valence-corrected chi connectivity index (χ3v) is 0.896. The van der Waals surface area contributed by atoms with Crippen LogP contribution < -0.4 is 5.11 Å². The van der Waals surface area contributed by atoms with E-state index in [9.17, 15) is 15.0 Å². The number of quaternary nitrogens is 1. The molecule has 4 heteroatoms. The highest BCUT2D eigenvalue weighted by Gasteiger charge is 2.14. The number of likely N-dealkylation sites (N-methyl/N-ethyl adjacent to an activating group) is 1. The molecule has 0 aliphatic carbocycles. The second-order valence-electron chi connectivity index (χ2n) is 3.23. The van der Waals surface area contributed by atoms with E-state index in [1.54, 1.807) is 21.1 Å². The molecule has 0 aromatic carbocycles. The molecular weight excluding hydrogens is 146 g/mol. The normalized spacial score (nSPS) is 18.5. The van der Waals surface area contributed by atoms with Gasteiger partial charge in [-0.15, -0.1) is 0 Å². The summed E-state index contributed by atoms with van der Waals surface area (Å²) in [5.41, 5.74) is 0. The highest BCUT2D eigenvalue weighted by atomic mass is 16.4. The Bertz CT molecular complexity index is 200. The summed E-state index contributed by atoms with van der Waals surface area (Å²) in [7, 11) is 4.62. The van der Waals surface area contributed by atoms with E-state index in [0.29, 0.717) is 0 Å². The molecule has 11 heavy (non-hydrogen) atoms. The van der Waals surface area contributed by atoms with Gasteiger partial charge in [-0.3, -0.25) is 0 Å². The van der Waals surface area contributed by atoms with Crippen LogP contribution in [0.15, 0.2) is 0 Å². The molecule has 0 aliphatic rings. The van der Waals surface area contributed by atoms with E-state index < -0.39 is 25.0 Å². The van der Waals surface area contributed by atoms with Crippen molar-refractivity contribution in [1.29, 1.82) is 0 Å². The number of nitrogens with zero attached hydrogens (tertiary/aromatic N) is 1. The number of hydrogen-bond acceptors (Lipinski definition) is 3. The Hall–Kier alpha value is -0.610. The molecule has 0 rings (SSSR count). The first-order valence-electron chi connectivity index (χ1n) is 4.28. The van der Waals surface area contributed by atoms with Crippen LogP contribution in [0.2, 0.25) is 0 Å². The van der Waals surface area contributed by atoms with Crippen LogP contribution in [0.4, 0.5) is 0 Å². The fraction of sp³-hybridized carbons (Fsp3) is 0.857. The molecule has 0 saturated carbocycles. The van der Waals surface area contributed by atoms with Crippen LogP contribution in [0, 0.1) is 0 Å². The minimum absolute atomic E-state index is 0.165. The van der Waals surface area contributed by atoms with Gasteiger partial charge in [-0.1, -0.05) is 0 Å². The Balaban J connectivity index is 4.54. The molecule has 0 fully saturated rings. The first kappa shape index (κ1) is 7.06. The van der Waals surface area contributed by atoms with Gasteiger partial charge in [0, 0.05) is 12.4 Å².